The van der Waals surface area contributed by atoms with Crippen molar-refractivity contribution in [2.75, 3.05) is 37.2 Å². The second-order valence-corrected chi connectivity index (χ2v) is 8.34. The van der Waals surface area contributed by atoms with Crippen LogP contribution in [0.5, 0.6) is 0 Å². The zero-order valence-electron chi connectivity index (χ0n) is 19.9. The zero-order chi connectivity index (χ0) is 24.2. The number of carbonyl (C=O) groups is 2. The van der Waals surface area contributed by atoms with Gasteiger partial charge in [-0.25, -0.2) is 0 Å². The number of H-pyrrole nitrogens is 1. The van der Waals surface area contributed by atoms with E-state index in [1.807, 2.05) is 61.5 Å². The average molecular weight is 458 g/mol. The molecule has 2 heterocycles. The van der Waals surface area contributed by atoms with Crippen molar-refractivity contribution in [1.29, 1.82) is 0 Å². The maximum atomic E-state index is 13.4. The standard InChI is InChI=1S/C27H31N5O2/c1-4-32(5-2)15-14-29-27(34)24-17(3)30-23(25(24)19-11-6-8-12-21(19)28)16-20-18-10-7-9-13-22(18)31-26(20)33/h6-13,16,30H,4-5,14-15,28H2,1-3H3,(H,29,34)(H,31,33)/b20-16-. The summed E-state index contributed by atoms with van der Waals surface area (Å²) in [4.78, 5) is 31.7. The summed E-state index contributed by atoms with van der Waals surface area (Å²) < 4.78 is 0. The highest BCUT2D eigenvalue weighted by atomic mass is 16.2. The van der Waals surface area contributed by atoms with Gasteiger partial charge in [0.05, 0.1) is 11.1 Å². The molecule has 7 nitrogen and oxygen atoms in total. The third-order valence-electron chi connectivity index (χ3n) is 6.28. The first kappa shape index (κ1) is 23.3. The number of aromatic amines is 1. The Bertz CT molecular complexity index is 1250. The molecule has 0 spiro atoms. The third kappa shape index (κ3) is 4.47. The molecular formula is C27H31N5O2. The van der Waals surface area contributed by atoms with Crippen molar-refractivity contribution in [3.05, 3.63) is 71.0 Å². The molecular weight excluding hydrogens is 426 g/mol. The van der Waals surface area contributed by atoms with Crippen LogP contribution in [-0.4, -0.2) is 47.9 Å². The SMILES string of the molecule is CCN(CC)CCNC(=O)c1c(C)[nH]c(/C=C2\C(=O)Nc3ccccc32)c1-c1ccccc1N. The molecule has 0 radical (unpaired) electrons. The Morgan fingerprint density at radius 3 is 2.44 bits per heavy atom. The summed E-state index contributed by atoms with van der Waals surface area (Å²) in [7, 11) is 0. The number of nitrogen functional groups attached to an aromatic ring is 1. The lowest BCUT2D eigenvalue weighted by Crippen LogP contribution is -2.35. The van der Waals surface area contributed by atoms with Crippen molar-refractivity contribution >= 4 is 34.8 Å². The molecule has 1 aliphatic heterocycles. The van der Waals surface area contributed by atoms with Crippen LogP contribution in [0.1, 0.15) is 41.2 Å². The Balaban J connectivity index is 1.78. The highest BCUT2D eigenvalue weighted by Gasteiger charge is 2.27. The monoisotopic (exact) mass is 457 g/mol. The first-order chi connectivity index (χ1) is 16.4. The van der Waals surface area contributed by atoms with Gasteiger partial charge in [0.15, 0.2) is 0 Å². The number of aryl methyl sites for hydroxylation is 1. The van der Waals surface area contributed by atoms with Crippen LogP contribution in [0, 0.1) is 6.92 Å². The van der Waals surface area contributed by atoms with Gasteiger partial charge in [-0.2, -0.15) is 0 Å². The van der Waals surface area contributed by atoms with E-state index in [1.54, 1.807) is 0 Å². The summed E-state index contributed by atoms with van der Waals surface area (Å²) in [6.07, 6.45) is 1.81. The Morgan fingerprint density at radius 2 is 1.74 bits per heavy atom. The highest BCUT2D eigenvalue weighted by Crippen LogP contribution is 2.38. The first-order valence-electron chi connectivity index (χ1n) is 11.6. The van der Waals surface area contributed by atoms with Crippen LogP contribution in [-0.2, 0) is 4.79 Å². The lowest BCUT2D eigenvalue weighted by molar-refractivity contribution is -0.110. The summed E-state index contributed by atoms with van der Waals surface area (Å²) in [5.41, 5.74) is 12.4. The van der Waals surface area contributed by atoms with Crippen LogP contribution in [0.2, 0.25) is 0 Å². The number of likely N-dealkylation sites (N-methyl/N-ethyl adjacent to an activating group) is 1. The fraction of sp³-hybridized carbons (Fsp3) is 0.259. The summed E-state index contributed by atoms with van der Waals surface area (Å²) in [6.45, 7) is 9.27. The number of amides is 2. The topological polar surface area (TPSA) is 103 Å². The van der Waals surface area contributed by atoms with Crippen molar-refractivity contribution in [1.82, 2.24) is 15.2 Å². The average Bonchev–Trinajstić information content (AvgIpc) is 3.33. The van der Waals surface area contributed by atoms with E-state index in [0.717, 1.165) is 42.1 Å². The number of nitrogens with two attached hydrogens (primary N) is 1. The number of fused-ring (bicyclic) bond motifs is 1. The number of aromatic nitrogens is 1. The maximum Gasteiger partial charge on any atom is 0.256 e. The van der Waals surface area contributed by atoms with E-state index in [4.69, 9.17) is 5.73 Å². The minimum absolute atomic E-state index is 0.167. The molecule has 0 fully saturated rings. The molecule has 34 heavy (non-hydrogen) atoms. The number of rotatable bonds is 8. The fourth-order valence-electron chi connectivity index (χ4n) is 4.43. The lowest BCUT2D eigenvalue weighted by atomic mass is 9.96. The van der Waals surface area contributed by atoms with Gasteiger partial charge in [-0.15, -0.1) is 0 Å². The number of benzene rings is 2. The molecule has 0 unspecified atom stereocenters. The molecule has 4 rings (SSSR count). The molecule has 7 heteroatoms. The van der Waals surface area contributed by atoms with Gasteiger partial charge in [0.1, 0.15) is 0 Å². The van der Waals surface area contributed by atoms with E-state index in [1.165, 1.54) is 0 Å². The van der Waals surface area contributed by atoms with E-state index in [-0.39, 0.29) is 11.8 Å². The predicted octanol–water partition coefficient (Wildman–Crippen LogP) is 4.14. The number of anilines is 2. The van der Waals surface area contributed by atoms with Crippen molar-refractivity contribution < 1.29 is 9.59 Å². The molecule has 0 atom stereocenters. The van der Waals surface area contributed by atoms with Gasteiger partial charge in [-0.05, 0) is 38.2 Å². The molecule has 0 saturated heterocycles. The van der Waals surface area contributed by atoms with Crippen molar-refractivity contribution in [3.63, 3.8) is 0 Å². The van der Waals surface area contributed by atoms with Gasteiger partial charge >= 0.3 is 0 Å². The zero-order valence-corrected chi connectivity index (χ0v) is 19.9. The van der Waals surface area contributed by atoms with Gasteiger partial charge < -0.3 is 26.3 Å². The predicted molar refractivity (Wildman–Crippen MR) is 138 cm³/mol. The van der Waals surface area contributed by atoms with E-state index in [2.05, 4.69) is 34.4 Å². The van der Waals surface area contributed by atoms with E-state index < -0.39 is 0 Å². The van der Waals surface area contributed by atoms with Crippen LogP contribution in [0.4, 0.5) is 11.4 Å². The molecule has 0 saturated carbocycles. The highest BCUT2D eigenvalue weighted by molar-refractivity contribution is 6.35. The number of carbonyl (C=O) groups excluding carboxylic acids is 2. The first-order valence-corrected chi connectivity index (χ1v) is 11.6. The smallest absolute Gasteiger partial charge is 0.256 e. The molecule has 0 aliphatic carbocycles. The Hall–Kier alpha value is -3.84. The largest absolute Gasteiger partial charge is 0.398 e. The lowest BCUT2D eigenvalue weighted by Gasteiger charge is -2.18. The minimum atomic E-state index is -0.175. The molecule has 1 aliphatic rings. The van der Waals surface area contributed by atoms with Crippen LogP contribution in [0.25, 0.3) is 22.8 Å². The van der Waals surface area contributed by atoms with Crippen LogP contribution in [0.3, 0.4) is 0 Å². The summed E-state index contributed by atoms with van der Waals surface area (Å²) >= 11 is 0. The van der Waals surface area contributed by atoms with Crippen molar-refractivity contribution in [3.8, 4) is 11.1 Å². The molecule has 1 aromatic heterocycles. The number of para-hydroxylation sites is 2. The fourth-order valence-corrected chi connectivity index (χ4v) is 4.43. The minimum Gasteiger partial charge on any atom is -0.398 e. The van der Waals surface area contributed by atoms with Crippen molar-refractivity contribution in [2.24, 2.45) is 0 Å². The van der Waals surface area contributed by atoms with E-state index in [9.17, 15) is 9.59 Å². The van der Waals surface area contributed by atoms with Gasteiger partial charge in [-0.3, -0.25) is 9.59 Å². The normalized spacial score (nSPS) is 13.9. The quantitative estimate of drug-likeness (QED) is 0.302. The van der Waals surface area contributed by atoms with Crippen LogP contribution < -0.4 is 16.4 Å². The molecule has 176 valence electrons. The van der Waals surface area contributed by atoms with Gasteiger partial charge in [0.2, 0.25) is 0 Å². The molecule has 5 N–H and O–H groups in total. The number of nitrogens with zero attached hydrogens (tertiary/aromatic N) is 1. The molecule has 2 amide bonds. The molecule has 3 aromatic rings. The Kier molecular flexibility index (Phi) is 6.84. The van der Waals surface area contributed by atoms with Crippen LogP contribution in [0.15, 0.2) is 48.5 Å². The van der Waals surface area contributed by atoms with Gasteiger partial charge in [0.25, 0.3) is 11.8 Å². The van der Waals surface area contributed by atoms with E-state index in [0.29, 0.717) is 34.6 Å². The summed E-state index contributed by atoms with van der Waals surface area (Å²) in [5.74, 6) is -0.342. The number of hydrogen-bond donors (Lipinski definition) is 4. The van der Waals surface area contributed by atoms with E-state index >= 15 is 0 Å². The Labute approximate surface area is 200 Å². The number of hydrogen-bond acceptors (Lipinski definition) is 4. The summed E-state index contributed by atoms with van der Waals surface area (Å²) in [5, 5.41) is 5.96. The second kappa shape index (κ2) is 9.97. The molecule has 0 bridgehead atoms. The third-order valence-corrected chi connectivity index (χ3v) is 6.28. The second-order valence-electron chi connectivity index (χ2n) is 8.34. The number of nitrogens with one attached hydrogen (secondary N) is 3. The van der Waals surface area contributed by atoms with Crippen LogP contribution >= 0.6 is 0 Å². The Morgan fingerprint density at radius 1 is 1.06 bits per heavy atom. The van der Waals surface area contributed by atoms with Gasteiger partial charge in [0, 0.05) is 52.5 Å². The molecule has 2 aromatic carbocycles. The van der Waals surface area contributed by atoms with Gasteiger partial charge in [-0.1, -0.05) is 50.2 Å². The summed E-state index contributed by atoms with van der Waals surface area (Å²) in [6, 6.07) is 15.0. The maximum absolute atomic E-state index is 13.4. The van der Waals surface area contributed by atoms with Crippen molar-refractivity contribution in [2.45, 2.75) is 20.8 Å².